The van der Waals surface area contributed by atoms with Gasteiger partial charge in [-0.1, -0.05) is 30.3 Å². The number of methoxy groups -OCH3 is 1. The average Bonchev–Trinajstić information content (AvgIpc) is 3.09. The number of esters is 1. The van der Waals surface area contributed by atoms with E-state index < -0.39 is 0 Å². The molecule has 7 heteroatoms. The molecule has 2 aromatic carbocycles. The molecule has 0 saturated heterocycles. The fourth-order valence-electron chi connectivity index (χ4n) is 2.30. The number of nitrogens with two attached hydrogens (primary N) is 1. The minimum absolute atomic E-state index is 0.175. The number of para-hydroxylation sites is 1. The van der Waals surface area contributed by atoms with E-state index in [0.717, 1.165) is 16.5 Å². The Morgan fingerprint density at radius 3 is 2.73 bits per heavy atom. The molecule has 1 heterocycles. The molecule has 3 rings (SSSR count). The van der Waals surface area contributed by atoms with Gasteiger partial charge in [-0.15, -0.1) is 0 Å². The van der Waals surface area contributed by atoms with Gasteiger partial charge in [0.15, 0.2) is 0 Å². The Balaban J connectivity index is 1.55. The van der Waals surface area contributed by atoms with Gasteiger partial charge >= 0.3 is 5.97 Å². The molecule has 3 aromatic rings. The fraction of sp³-hybridized carbons (Fsp3) is 0.105. The minimum Gasteiger partial charge on any atom is -0.465 e. The molecule has 0 fully saturated rings. The van der Waals surface area contributed by atoms with Crippen LogP contribution in [0.25, 0.3) is 11.0 Å². The number of nitrogens with zero attached hydrogens (tertiary/aromatic N) is 2. The van der Waals surface area contributed by atoms with Gasteiger partial charge in [0.2, 0.25) is 5.96 Å². The zero-order valence-corrected chi connectivity index (χ0v) is 14.2. The maximum atomic E-state index is 11.4. The number of ether oxygens (including phenoxy) is 1. The van der Waals surface area contributed by atoms with Gasteiger partial charge in [-0.05, 0) is 29.8 Å². The first-order valence-corrected chi connectivity index (χ1v) is 7.90. The molecule has 0 aliphatic heterocycles. The molecule has 1 aromatic heterocycles. The van der Waals surface area contributed by atoms with Gasteiger partial charge < -0.3 is 14.9 Å². The van der Waals surface area contributed by atoms with E-state index in [1.54, 1.807) is 24.3 Å². The van der Waals surface area contributed by atoms with Crippen LogP contribution < -0.4 is 11.2 Å². The lowest BCUT2D eigenvalue weighted by molar-refractivity contribution is 0.0600. The highest BCUT2D eigenvalue weighted by Crippen LogP contribution is 2.17. The zero-order chi connectivity index (χ0) is 18.4. The first-order chi connectivity index (χ1) is 12.7. The molecule has 0 aliphatic carbocycles. The van der Waals surface area contributed by atoms with Crippen LogP contribution in [-0.2, 0) is 11.3 Å². The summed E-state index contributed by atoms with van der Waals surface area (Å²) in [5.74, 6) is 0.417. The second-order valence-electron chi connectivity index (χ2n) is 5.45. The van der Waals surface area contributed by atoms with Crippen LogP contribution in [0.3, 0.4) is 0 Å². The van der Waals surface area contributed by atoms with Gasteiger partial charge in [0.05, 0.1) is 25.4 Å². The summed E-state index contributed by atoms with van der Waals surface area (Å²) in [4.78, 5) is 15.6. The SMILES string of the molecule is COC(=O)c1ccc(CN=C(N)N/N=C/c2cc3ccccc3o2)cc1. The van der Waals surface area contributed by atoms with Crippen molar-refractivity contribution in [3.05, 3.63) is 71.5 Å². The van der Waals surface area contributed by atoms with Crippen LogP contribution in [0, 0.1) is 0 Å². The van der Waals surface area contributed by atoms with Gasteiger partial charge in [-0.2, -0.15) is 5.10 Å². The summed E-state index contributed by atoms with van der Waals surface area (Å²) in [7, 11) is 1.35. The number of hydrogen-bond acceptors (Lipinski definition) is 5. The third-order valence-corrected chi connectivity index (χ3v) is 3.62. The van der Waals surface area contributed by atoms with E-state index in [9.17, 15) is 4.79 Å². The maximum absolute atomic E-state index is 11.4. The molecule has 0 amide bonds. The Bertz CT molecular complexity index is 925. The molecule has 132 valence electrons. The number of rotatable bonds is 5. The molecule has 0 spiro atoms. The number of fused-ring (bicyclic) bond motifs is 1. The molecular formula is C19H18N4O3. The Labute approximate surface area is 150 Å². The molecule has 7 nitrogen and oxygen atoms in total. The highest BCUT2D eigenvalue weighted by Gasteiger charge is 2.04. The third kappa shape index (κ3) is 4.27. The Morgan fingerprint density at radius 2 is 2.00 bits per heavy atom. The van der Waals surface area contributed by atoms with Gasteiger partial charge in [-0.3, -0.25) is 0 Å². The van der Waals surface area contributed by atoms with Crippen molar-refractivity contribution in [2.24, 2.45) is 15.8 Å². The smallest absolute Gasteiger partial charge is 0.337 e. The third-order valence-electron chi connectivity index (χ3n) is 3.62. The van der Waals surface area contributed by atoms with Gasteiger partial charge in [-0.25, -0.2) is 15.2 Å². The topological polar surface area (TPSA) is 102 Å². The molecule has 0 unspecified atom stereocenters. The van der Waals surface area contributed by atoms with Crippen LogP contribution in [0.15, 0.2) is 69.1 Å². The van der Waals surface area contributed by atoms with Crippen LogP contribution >= 0.6 is 0 Å². The number of aliphatic imine (C=N–C) groups is 1. The van der Waals surface area contributed by atoms with Crippen molar-refractivity contribution in [1.82, 2.24) is 5.43 Å². The number of hydrogen-bond donors (Lipinski definition) is 2. The molecule has 0 saturated carbocycles. The predicted octanol–water partition coefficient (Wildman–Crippen LogP) is 2.66. The van der Waals surface area contributed by atoms with Crippen molar-refractivity contribution in [3.63, 3.8) is 0 Å². The van der Waals surface area contributed by atoms with Crippen LogP contribution in [0.4, 0.5) is 0 Å². The summed E-state index contributed by atoms with van der Waals surface area (Å²) in [6.45, 7) is 0.362. The highest BCUT2D eigenvalue weighted by atomic mass is 16.5. The summed E-state index contributed by atoms with van der Waals surface area (Å²) in [5, 5.41) is 5.02. The number of carbonyl (C=O) groups excluding carboxylic acids is 1. The number of furan rings is 1. The van der Waals surface area contributed by atoms with Crippen LogP contribution in [-0.4, -0.2) is 25.3 Å². The van der Waals surface area contributed by atoms with E-state index in [-0.39, 0.29) is 11.9 Å². The van der Waals surface area contributed by atoms with Gasteiger partial charge in [0.1, 0.15) is 11.3 Å². The first kappa shape index (κ1) is 17.2. The highest BCUT2D eigenvalue weighted by molar-refractivity contribution is 5.89. The lowest BCUT2D eigenvalue weighted by Crippen LogP contribution is -2.27. The van der Waals surface area contributed by atoms with Crippen molar-refractivity contribution < 1.29 is 13.9 Å². The summed E-state index contributed by atoms with van der Waals surface area (Å²) in [6.07, 6.45) is 1.54. The summed E-state index contributed by atoms with van der Waals surface area (Å²) in [5.41, 5.74) is 10.6. The van der Waals surface area contributed by atoms with Crippen molar-refractivity contribution >= 4 is 29.1 Å². The predicted molar refractivity (Wildman–Crippen MR) is 100 cm³/mol. The van der Waals surface area contributed by atoms with Crippen molar-refractivity contribution in [3.8, 4) is 0 Å². The number of benzene rings is 2. The molecule has 0 radical (unpaired) electrons. The van der Waals surface area contributed by atoms with E-state index in [2.05, 4.69) is 20.3 Å². The van der Waals surface area contributed by atoms with Gasteiger partial charge in [0.25, 0.3) is 0 Å². The molecular weight excluding hydrogens is 332 g/mol. The summed E-state index contributed by atoms with van der Waals surface area (Å²) in [6, 6.07) is 16.5. The first-order valence-electron chi connectivity index (χ1n) is 7.90. The molecule has 26 heavy (non-hydrogen) atoms. The standard InChI is InChI=1S/C19H18N4O3/c1-25-18(24)14-8-6-13(7-9-14)11-21-19(20)23-22-12-16-10-15-4-2-3-5-17(15)26-16/h2-10,12H,11H2,1H3,(H3,20,21,23)/b22-12+. The fourth-order valence-corrected chi connectivity index (χ4v) is 2.30. The quantitative estimate of drug-likeness (QED) is 0.319. The second kappa shape index (κ2) is 7.98. The molecule has 0 aliphatic rings. The monoisotopic (exact) mass is 350 g/mol. The van der Waals surface area contributed by atoms with E-state index in [0.29, 0.717) is 17.9 Å². The van der Waals surface area contributed by atoms with Crippen molar-refractivity contribution in [2.45, 2.75) is 6.54 Å². The number of guanidine groups is 1. The number of hydrazone groups is 1. The Hall–Kier alpha value is -3.61. The molecule has 3 N–H and O–H groups in total. The molecule has 0 atom stereocenters. The lowest BCUT2D eigenvalue weighted by atomic mass is 10.1. The summed E-state index contributed by atoms with van der Waals surface area (Å²) >= 11 is 0. The number of nitrogens with one attached hydrogen (secondary N) is 1. The minimum atomic E-state index is -0.374. The Morgan fingerprint density at radius 1 is 1.23 bits per heavy atom. The zero-order valence-electron chi connectivity index (χ0n) is 14.2. The normalized spacial score (nSPS) is 11.8. The maximum Gasteiger partial charge on any atom is 0.337 e. The van der Waals surface area contributed by atoms with E-state index in [1.165, 1.54) is 13.3 Å². The number of carbonyl (C=O) groups is 1. The van der Waals surface area contributed by atoms with Crippen molar-refractivity contribution in [2.75, 3.05) is 7.11 Å². The van der Waals surface area contributed by atoms with E-state index in [4.69, 9.17) is 10.2 Å². The van der Waals surface area contributed by atoms with Crippen LogP contribution in [0.2, 0.25) is 0 Å². The average molecular weight is 350 g/mol. The largest absolute Gasteiger partial charge is 0.465 e. The van der Waals surface area contributed by atoms with Crippen molar-refractivity contribution in [1.29, 1.82) is 0 Å². The Kier molecular flexibility index (Phi) is 5.28. The second-order valence-corrected chi connectivity index (χ2v) is 5.45. The summed E-state index contributed by atoms with van der Waals surface area (Å²) < 4.78 is 10.3. The van der Waals surface area contributed by atoms with Crippen LogP contribution in [0.1, 0.15) is 21.7 Å². The van der Waals surface area contributed by atoms with E-state index >= 15 is 0 Å². The van der Waals surface area contributed by atoms with Gasteiger partial charge in [0, 0.05) is 5.39 Å². The van der Waals surface area contributed by atoms with E-state index in [1.807, 2.05) is 30.3 Å². The molecule has 0 bridgehead atoms. The lowest BCUT2D eigenvalue weighted by Gasteiger charge is -2.02. The van der Waals surface area contributed by atoms with Crippen LogP contribution in [0.5, 0.6) is 0 Å².